The van der Waals surface area contributed by atoms with E-state index in [4.69, 9.17) is 4.74 Å². The molecule has 0 aromatic carbocycles. The monoisotopic (exact) mass is 269 g/mol. The number of ether oxygens (including phenoxy) is 1. The largest absolute Gasteiger partial charge is 0.373 e. The minimum Gasteiger partial charge on any atom is -0.373 e. The van der Waals surface area contributed by atoms with Crippen LogP contribution in [-0.2, 0) is 11.3 Å². The molecule has 0 aliphatic carbocycles. The van der Waals surface area contributed by atoms with Gasteiger partial charge >= 0.3 is 0 Å². The molecular weight excluding hydrogens is 246 g/mol. The molecular formula is C13H23N3OS. The molecule has 1 fully saturated rings. The molecule has 5 heteroatoms. The number of rotatable bonds is 5. The molecule has 1 aliphatic rings. The van der Waals surface area contributed by atoms with E-state index >= 15 is 0 Å². The zero-order chi connectivity index (χ0) is 13.0. The molecule has 2 heterocycles. The molecule has 0 unspecified atom stereocenters. The van der Waals surface area contributed by atoms with Crippen LogP contribution in [0.15, 0.2) is 6.20 Å². The van der Waals surface area contributed by atoms with Crippen LogP contribution in [0.3, 0.4) is 0 Å². The van der Waals surface area contributed by atoms with Crippen LogP contribution < -0.4 is 5.32 Å². The first-order chi connectivity index (χ1) is 8.59. The maximum absolute atomic E-state index is 5.73. The first-order valence-corrected chi connectivity index (χ1v) is 7.45. The lowest BCUT2D eigenvalue weighted by molar-refractivity contribution is -0.0880. The number of aromatic nitrogens is 1. The van der Waals surface area contributed by atoms with Crippen LogP contribution in [0.5, 0.6) is 0 Å². The summed E-state index contributed by atoms with van der Waals surface area (Å²) >= 11 is 1.76. The predicted octanol–water partition coefficient (Wildman–Crippen LogP) is 2.58. The normalized spacial score (nSPS) is 19.9. The number of hydrogen-bond donors (Lipinski definition) is 1. The summed E-state index contributed by atoms with van der Waals surface area (Å²) in [6.07, 6.45) is 3.12. The molecule has 18 heavy (non-hydrogen) atoms. The Bertz CT molecular complexity index is 378. The summed E-state index contributed by atoms with van der Waals surface area (Å²) in [5.74, 6) is 0. The van der Waals surface area contributed by atoms with Crippen molar-refractivity contribution in [3.05, 3.63) is 11.1 Å². The molecule has 4 nitrogen and oxygen atoms in total. The molecule has 0 atom stereocenters. The molecule has 0 bridgehead atoms. The molecule has 102 valence electrons. The van der Waals surface area contributed by atoms with Gasteiger partial charge in [-0.25, -0.2) is 4.98 Å². The van der Waals surface area contributed by atoms with Gasteiger partial charge in [0, 0.05) is 37.3 Å². The van der Waals surface area contributed by atoms with E-state index in [1.165, 1.54) is 4.88 Å². The van der Waals surface area contributed by atoms with Crippen LogP contribution in [-0.4, -0.2) is 41.7 Å². The van der Waals surface area contributed by atoms with Gasteiger partial charge in [0.1, 0.15) is 0 Å². The Morgan fingerprint density at radius 3 is 3.11 bits per heavy atom. The van der Waals surface area contributed by atoms with Crippen molar-refractivity contribution in [2.45, 2.75) is 39.3 Å². The van der Waals surface area contributed by atoms with E-state index in [9.17, 15) is 0 Å². The van der Waals surface area contributed by atoms with E-state index in [0.717, 1.165) is 44.3 Å². The van der Waals surface area contributed by atoms with Gasteiger partial charge in [-0.1, -0.05) is 6.92 Å². The molecule has 1 N–H and O–H groups in total. The molecule has 1 aromatic rings. The number of nitrogens with one attached hydrogen (secondary N) is 1. The summed E-state index contributed by atoms with van der Waals surface area (Å²) in [5, 5.41) is 4.37. The third-order valence-electron chi connectivity index (χ3n) is 2.96. The first-order valence-electron chi connectivity index (χ1n) is 6.64. The zero-order valence-corrected chi connectivity index (χ0v) is 12.3. The second-order valence-electron chi connectivity index (χ2n) is 5.38. The Kier molecular flexibility index (Phi) is 4.59. The molecule has 0 spiro atoms. The Labute approximate surface area is 113 Å². The highest BCUT2D eigenvalue weighted by Gasteiger charge is 2.27. The maximum atomic E-state index is 5.73. The lowest BCUT2D eigenvalue weighted by Gasteiger charge is -2.37. The van der Waals surface area contributed by atoms with Crippen molar-refractivity contribution in [1.29, 1.82) is 0 Å². The minimum absolute atomic E-state index is 0.0216. The van der Waals surface area contributed by atoms with E-state index in [2.05, 4.69) is 36.0 Å². The first kappa shape index (κ1) is 13.8. The van der Waals surface area contributed by atoms with E-state index in [-0.39, 0.29) is 5.60 Å². The molecule has 0 radical (unpaired) electrons. The highest BCUT2D eigenvalue weighted by molar-refractivity contribution is 7.15. The second-order valence-corrected chi connectivity index (χ2v) is 6.49. The Morgan fingerprint density at radius 2 is 2.39 bits per heavy atom. The average Bonchev–Trinajstić information content (AvgIpc) is 2.73. The molecule has 0 saturated carbocycles. The summed E-state index contributed by atoms with van der Waals surface area (Å²) in [6.45, 7) is 11.3. The molecule has 0 amide bonds. The smallest absolute Gasteiger partial charge is 0.182 e. The average molecular weight is 269 g/mol. The van der Waals surface area contributed by atoms with Crippen molar-refractivity contribution in [3.8, 4) is 0 Å². The van der Waals surface area contributed by atoms with Gasteiger partial charge in [0.05, 0.1) is 12.2 Å². The third-order valence-corrected chi connectivity index (χ3v) is 3.90. The van der Waals surface area contributed by atoms with Crippen LogP contribution in [0, 0.1) is 0 Å². The van der Waals surface area contributed by atoms with Crippen molar-refractivity contribution in [3.63, 3.8) is 0 Å². The number of hydrogen-bond acceptors (Lipinski definition) is 5. The van der Waals surface area contributed by atoms with Crippen LogP contribution in [0.1, 0.15) is 32.1 Å². The lowest BCUT2D eigenvalue weighted by Crippen LogP contribution is -2.47. The van der Waals surface area contributed by atoms with Crippen molar-refractivity contribution in [2.75, 3.05) is 31.6 Å². The second kappa shape index (κ2) is 5.99. The van der Waals surface area contributed by atoms with E-state index in [1.54, 1.807) is 11.3 Å². The molecule has 2 rings (SSSR count). The topological polar surface area (TPSA) is 37.4 Å². The van der Waals surface area contributed by atoms with Gasteiger partial charge in [0.2, 0.25) is 0 Å². The molecule has 1 saturated heterocycles. The van der Waals surface area contributed by atoms with Crippen molar-refractivity contribution in [2.24, 2.45) is 0 Å². The SMILES string of the molecule is CCCNc1ncc(CN2CCOC(C)(C)C2)s1. The van der Waals surface area contributed by atoms with Gasteiger partial charge in [-0.15, -0.1) is 11.3 Å². The van der Waals surface area contributed by atoms with Gasteiger partial charge in [-0.05, 0) is 20.3 Å². The van der Waals surface area contributed by atoms with Gasteiger partial charge in [0.15, 0.2) is 5.13 Å². The van der Waals surface area contributed by atoms with E-state index in [0.29, 0.717) is 0 Å². The summed E-state index contributed by atoms with van der Waals surface area (Å²) in [6, 6.07) is 0. The number of nitrogens with zero attached hydrogens (tertiary/aromatic N) is 2. The molecule has 1 aromatic heterocycles. The van der Waals surface area contributed by atoms with Crippen LogP contribution in [0.25, 0.3) is 0 Å². The number of morpholine rings is 1. The van der Waals surface area contributed by atoms with Gasteiger partial charge in [-0.2, -0.15) is 0 Å². The fourth-order valence-electron chi connectivity index (χ4n) is 2.16. The van der Waals surface area contributed by atoms with E-state index in [1.807, 2.05) is 6.20 Å². The summed E-state index contributed by atoms with van der Waals surface area (Å²) < 4.78 is 5.73. The van der Waals surface area contributed by atoms with Gasteiger partial charge in [0.25, 0.3) is 0 Å². The quantitative estimate of drug-likeness (QED) is 0.891. The Balaban J connectivity index is 1.87. The molecule has 1 aliphatic heterocycles. The van der Waals surface area contributed by atoms with Crippen molar-refractivity contribution < 1.29 is 4.74 Å². The Morgan fingerprint density at radius 1 is 1.56 bits per heavy atom. The highest BCUT2D eigenvalue weighted by Crippen LogP contribution is 2.23. The van der Waals surface area contributed by atoms with Crippen LogP contribution in [0.4, 0.5) is 5.13 Å². The zero-order valence-electron chi connectivity index (χ0n) is 11.5. The maximum Gasteiger partial charge on any atom is 0.182 e. The third kappa shape index (κ3) is 3.93. The lowest BCUT2D eigenvalue weighted by atomic mass is 10.1. The summed E-state index contributed by atoms with van der Waals surface area (Å²) in [4.78, 5) is 8.18. The van der Waals surface area contributed by atoms with Crippen molar-refractivity contribution >= 4 is 16.5 Å². The highest BCUT2D eigenvalue weighted by atomic mass is 32.1. The number of thiazole rings is 1. The van der Waals surface area contributed by atoms with Crippen LogP contribution in [0.2, 0.25) is 0 Å². The van der Waals surface area contributed by atoms with Gasteiger partial charge < -0.3 is 10.1 Å². The number of anilines is 1. The summed E-state index contributed by atoms with van der Waals surface area (Å²) in [7, 11) is 0. The minimum atomic E-state index is -0.0216. The predicted molar refractivity (Wildman–Crippen MR) is 76.2 cm³/mol. The standard InChI is InChI=1S/C13H23N3OS/c1-4-5-14-12-15-8-11(18-12)9-16-6-7-17-13(2,3)10-16/h8H,4-7,9-10H2,1-3H3,(H,14,15). The fraction of sp³-hybridized carbons (Fsp3) is 0.769. The van der Waals surface area contributed by atoms with Crippen LogP contribution >= 0.6 is 11.3 Å². The van der Waals surface area contributed by atoms with E-state index < -0.39 is 0 Å². The van der Waals surface area contributed by atoms with Gasteiger partial charge in [-0.3, -0.25) is 4.90 Å². The fourth-order valence-corrected chi connectivity index (χ4v) is 3.04. The Hall–Kier alpha value is -0.650. The summed E-state index contributed by atoms with van der Waals surface area (Å²) in [5.41, 5.74) is -0.0216. The van der Waals surface area contributed by atoms with Crippen molar-refractivity contribution in [1.82, 2.24) is 9.88 Å².